The normalized spacial score (nSPS) is 22.8. The summed E-state index contributed by atoms with van der Waals surface area (Å²) in [5.74, 6) is 0. The summed E-state index contributed by atoms with van der Waals surface area (Å²) in [7, 11) is 0. The van der Waals surface area contributed by atoms with Gasteiger partial charge >= 0.3 is 0 Å². The minimum Gasteiger partial charge on any atom is -0.303 e. The zero-order chi connectivity index (χ0) is 4.41. The van der Waals surface area contributed by atoms with E-state index in [1.54, 1.807) is 0 Å². The average Bonchev–Trinajstić information content (AvgIpc) is 1.86. The highest BCUT2D eigenvalue weighted by atomic mass is 32.2. The maximum atomic E-state index is 8.46. The zero-order valence-corrected chi connectivity index (χ0v) is 3.98. The van der Waals surface area contributed by atoms with Gasteiger partial charge in [0.05, 0.1) is 6.54 Å². The lowest BCUT2D eigenvalue weighted by Gasteiger charge is -1.97. The van der Waals surface area contributed by atoms with E-state index in [0.717, 1.165) is 0 Å². The van der Waals surface area contributed by atoms with Crippen LogP contribution in [0, 0.1) is 0 Å². The van der Waals surface area contributed by atoms with Crippen molar-refractivity contribution < 1.29 is 5.21 Å². The Bertz CT molecular complexity index is 65.2. The Morgan fingerprint density at radius 3 is 2.83 bits per heavy atom. The van der Waals surface area contributed by atoms with Crippen LogP contribution in [0.4, 0.5) is 0 Å². The molecular weight excluding hydrogens is 98.1 g/mol. The molecule has 1 aliphatic rings. The van der Waals surface area contributed by atoms with Gasteiger partial charge in [-0.25, -0.2) is 0 Å². The van der Waals surface area contributed by atoms with Crippen molar-refractivity contribution in [1.29, 1.82) is 0 Å². The molecule has 1 N–H and O–H groups in total. The van der Waals surface area contributed by atoms with Crippen LogP contribution in [0.5, 0.6) is 0 Å². The molecule has 0 unspecified atom stereocenters. The molecule has 0 aliphatic carbocycles. The molecule has 0 fully saturated rings. The van der Waals surface area contributed by atoms with E-state index in [2.05, 4.69) is 0 Å². The molecule has 1 rings (SSSR count). The Balaban J connectivity index is 2.32. The van der Waals surface area contributed by atoms with E-state index >= 15 is 0 Å². The Labute approximate surface area is 40.5 Å². The fraction of sp³-hybridized carbons (Fsp3) is 0.333. The van der Waals surface area contributed by atoms with Gasteiger partial charge in [-0.15, -0.1) is 4.47 Å². The first-order valence-corrected chi connectivity index (χ1v) is 2.51. The third-order valence-corrected chi connectivity index (χ3v) is 1.25. The van der Waals surface area contributed by atoms with E-state index in [-0.39, 0.29) is 0 Å². The lowest BCUT2D eigenvalue weighted by molar-refractivity contribution is 0.0325. The Morgan fingerprint density at radius 2 is 2.67 bits per heavy atom. The van der Waals surface area contributed by atoms with Gasteiger partial charge in [-0.3, -0.25) is 0 Å². The summed E-state index contributed by atoms with van der Waals surface area (Å²) < 4.78 is 1.17. The van der Waals surface area contributed by atoms with Crippen LogP contribution in [0.25, 0.3) is 0 Å². The maximum absolute atomic E-state index is 8.46. The van der Waals surface area contributed by atoms with Crippen molar-refractivity contribution in [3.63, 3.8) is 0 Å². The second-order valence-electron chi connectivity index (χ2n) is 1.01. The van der Waals surface area contributed by atoms with Crippen LogP contribution < -0.4 is 0 Å². The number of rotatable bonds is 0. The van der Waals surface area contributed by atoms with Gasteiger partial charge in [0.15, 0.2) is 0 Å². The Hall–Kier alpha value is 0.01000. The summed E-state index contributed by atoms with van der Waals surface area (Å²) in [6.45, 7) is 0.657. The molecule has 3 heteroatoms. The molecule has 0 saturated carbocycles. The van der Waals surface area contributed by atoms with E-state index in [1.165, 1.54) is 16.4 Å². The summed E-state index contributed by atoms with van der Waals surface area (Å²) in [5, 5.41) is 10.3. The minimum absolute atomic E-state index is 0.657. The molecular formula is C3H5NOS. The van der Waals surface area contributed by atoms with Gasteiger partial charge in [0.1, 0.15) is 0 Å². The van der Waals surface area contributed by atoms with Gasteiger partial charge < -0.3 is 5.21 Å². The van der Waals surface area contributed by atoms with Crippen LogP contribution in [-0.2, 0) is 0 Å². The summed E-state index contributed by atoms with van der Waals surface area (Å²) in [4.78, 5) is 0. The van der Waals surface area contributed by atoms with Gasteiger partial charge in [-0.05, 0) is 17.4 Å². The summed E-state index contributed by atoms with van der Waals surface area (Å²) in [6, 6.07) is 0. The molecule has 2 nitrogen and oxygen atoms in total. The van der Waals surface area contributed by atoms with Crippen LogP contribution in [0.2, 0.25) is 0 Å². The molecule has 0 atom stereocenters. The van der Waals surface area contributed by atoms with Gasteiger partial charge in [0.2, 0.25) is 0 Å². The lowest BCUT2D eigenvalue weighted by Crippen LogP contribution is -2.02. The van der Waals surface area contributed by atoms with E-state index in [4.69, 9.17) is 5.21 Å². The van der Waals surface area contributed by atoms with Crippen molar-refractivity contribution in [2.24, 2.45) is 0 Å². The topological polar surface area (TPSA) is 23.5 Å². The molecule has 0 amide bonds. The lowest BCUT2D eigenvalue weighted by atomic mass is 10.7. The molecule has 0 aromatic rings. The first-order chi connectivity index (χ1) is 2.89. The molecule has 1 aliphatic heterocycles. The maximum Gasteiger partial charge on any atom is 0.0547 e. The van der Waals surface area contributed by atoms with E-state index < -0.39 is 0 Å². The number of nitrogens with zero attached hydrogens (tertiary/aromatic N) is 1. The molecule has 0 radical (unpaired) electrons. The number of hydrogen-bond acceptors (Lipinski definition) is 3. The zero-order valence-electron chi connectivity index (χ0n) is 3.16. The Kier molecular flexibility index (Phi) is 1.14. The molecule has 0 aromatic heterocycles. The van der Waals surface area contributed by atoms with Crippen molar-refractivity contribution in [3.05, 3.63) is 11.5 Å². The standard InChI is InChI=1S/C3H5NOS/c5-4-2-1-3-6-4/h1,3,5H,2H2. The highest BCUT2D eigenvalue weighted by Gasteiger charge is 1.98. The van der Waals surface area contributed by atoms with Crippen molar-refractivity contribution in [3.8, 4) is 0 Å². The van der Waals surface area contributed by atoms with Gasteiger partial charge in [0, 0.05) is 0 Å². The van der Waals surface area contributed by atoms with Crippen LogP contribution in [0.15, 0.2) is 11.5 Å². The Morgan fingerprint density at radius 1 is 1.83 bits per heavy atom. The predicted molar refractivity (Wildman–Crippen MR) is 25.2 cm³/mol. The summed E-state index contributed by atoms with van der Waals surface area (Å²) in [6.07, 6.45) is 1.89. The highest BCUT2D eigenvalue weighted by Crippen LogP contribution is 2.12. The summed E-state index contributed by atoms with van der Waals surface area (Å²) in [5.41, 5.74) is 0. The van der Waals surface area contributed by atoms with Gasteiger partial charge in [-0.2, -0.15) is 0 Å². The number of hydrogen-bond donors (Lipinski definition) is 1. The highest BCUT2D eigenvalue weighted by molar-refractivity contribution is 7.99. The predicted octanol–water partition coefficient (Wildman–Crippen LogP) is 0.853. The fourth-order valence-corrected chi connectivity index (χ4v) is 0.774. The van der Waals surface area contributed by atoms with Crippen molar-refractivity contribution in [2.75, 3.05) is 6.54 Å². The van der Waals surface area contributed by atoms with Crippen LogP contribution in [0.3, 0.4) is 0 Å². The monoisotopic (exact) mass is 103 g/mol. The van der Waals surface area contributed by atoms with Gasteiger partial charge in [0.25, 0.3) is 0 Å². The van der Waals surface area contributed by atoms with Crippen molar-refractivity contribution in [2.45, 2.75) is 0 Å². The second-order valence-corrected chi connectivity index (χ2v) is 1.92. The number of hydroxylamine groups is 1. The van der Waals surface area contributed by atoms with E-state index in [1.807, 2.05) is 11.5 Å². The van der Waals surface area contributed by atoms with Crippen molar-refractivity contribution >= 4 is 11.9 Å². The summed E-state index contributed by atoms with van der Waals surface area (Å²) >= 11 is 1.31. The first kappa shape index (κ1) is 4.18. The fourth-order valence-electron chi connectivity index (χ4n) is 0.290. The van der Waals surface area contributed by atoms with Gasteiger partial charge in [-0.1, -0.05) is 6.08 Å². The van der Waals surface area contributed by atoms with E-state index in [0.29, 0.717) is 6.54 Å². The third-order valence-electron chi connectivity index (χ3n) is 0.540. The van der Waals surface area contributed by atoms with Crippen LogP contribution in [0.1, 0.15) is 0 Å². The third kappa shape index (κ3) is 0.739. The molecule has 1 heterocycles. The SMILES string of the molecule is ON1CC=CS1. The van der Waals surface area contributed by atoms with Crippen LogP contribution in [-0.4, -0.2) is 16.2 Å². The molecule has 6 heavy (non-hydrogen) atoms. The average molecular weight is 103 g/mol. The molecule has 0 saturated heterocycles. The largest absolute Gasteiger partial charge is 0.303 e. The molecule has 0 aromatic carbocycles. The molecule has 0 bridgehead atoms. The quantitative estimate of drug-likeness (QED) is 0.460. The second kappa shape index (κ2) is 1.64. The molecule has 34 valence electrons. The van der Waals surface area contributed by atoms with Crippen LogP contribution >= 0.6 is 11.9 Å². The molecule has 0 spiro atoms. The first-order valence-electron chi connectivity index (χ1n) is 1.68. The minimum atomic E-state index is 0.657. The van der Waals surface area contributed by atoms with Crippen molar-refractivity contribution in [1.82, 2.24) is 4.47 Å². The smallest absolute Gasteiger partial charge is 0.0547 e. The van der Waals surface area contributed by atoms with E-state index in [9.17, 15) is 0 Å².